The van der Waals surface area contributed by atoms with Crippen molar-refractivity contribution in [3.05, 3.63) is 89.7 Å². The number of carbonyl (C=O) groups is 1. The number of esters is 1. The van der Waals surface area contributed by atoms with E-state index in [2.05, 4.69) is 50.9 Å². The molecule has 0 fully saturated rings. The second kappa shape index (κ2) is 8.92. The van der Waals surface area contributed by atoms with Gasteiger partial charge in [0.05, 0.1) is 12.7 Å². The van der Waals surface area contributed by atoms with Gasteiger partial charge in [-0.05, 0) is 48.9 Å². The largest absolute Gasteiger partial charge is 0.465 e. The normalized spacial score (nSPS) is 10.7. The Hall–Kier alpha value is -3.45. The number of methoxy groups -OCH3 is 1. The molecular formula is C23H20N4O2S. The van der Waals surface area contributed by atoms with Crippen molar-refractivity contribution in [3.63, 3.8) is 0 Å². The summed E-state index contributed by atoms with van der Waals surface area (Å²) in [4.78, 5) is 15.7. The molecule has 7 heteroatoms. The van der Waals surface area contributed by atoms with Crippen molar-refractivity contribution in [1.82, 2.24) is 19.7 Å². The van der Waals surface area contributed by atoms with E-state index in [1.165, 1.54) is 12.7 Å². The number of thioether (sulfide) groups is 1. The molecule has 0 spiro atoms. The highest BCUT2D eigenvalue weighted by molar-refractivity contribution is 7.98. The van der Waals surface area contributed by atoms with Gasteiger partial charge in [0, 0.05) is 29.4 Å². The minimum absolute atomic E-state index is 0.338. The lowest BCUT2D eigenvalue weighted by atomic mass is 10.1. The fraction of sp³-hybridized carbons (Fsp3) is 0.130. The Bertz CT molecular complexity index is 1140. The molecule has 0 radical (unpaired) electrons. The van der Waals surface area contributed by atoms with Gasteiger partial charge >= 0.3 is 5.97 Å². The van der Waals surface area contributed by atoms with Crippen LogP contribution in [0.4, 0.5) is 0 Å². The third-order valence-electron chi connectivity index (χ3n) is 4.61. The fourth-order valence-electron chi connectivity index (χ4n) is 2.98. The molecule has 0 aliphatic rings. The van der Waals surface area contributed by atoms with Crippen LogP contribution in [0.3, 0.4) is 0 Å². The van der Waals surface area contributed by atoms with Crippen LogP contribution < -0.4 is 0 Å². The van der Waals surface area contributed by atoms with E-state index < -0.39 is 0 Å². The minimum Gasteiger partial charge on any atom is -0.465 e. The van der Waals surface area contributed by atoms with Crippen LogP contribution in [0.2, 0.25) is 0 Å². The van der Waals surface area contributed by atoms with Gasteiger partial charge in [0.25, 0.3) is 0 Å². The van der Waals surface area contributed by atoms with Crippen molar-refractivity contribution < 1.29 is 9.53 Å². The van der Waals surface area contributed by atoms with E-state index >= 15 is 0 Å². The predicted molar refractivity (Wildman–Crippen MR) is 117 cm³/mol. The van der Waals surface area contributed by atoms with E-state index in [9.17, 15) is 4.79 Å². The molecule has 150 valence electrons. The maximum Gasteiger partial charge on any atom is 0.337 e. The van der Waals surface area contributed by atoms with Gasteiger partial charge in [-0.15, -0.1) is 10.2 Å². The SMILES string of the molecule is COC(=O)c1ccc(CSc2nnc(-c3ccncc3)n2-c2ccc(C)cc2)cc1. The van der Waals surface area contributed by atoms with Crippen LogP contribution in [0.5, 0.6) is 0 Å². The molecule has 0 aliphatic carbocycles. The molecule has 0 bridgehead atoms. The summed E-state index contributed by atoms with van der Waals surface area (Å²) in [7, 11) is 1.38. The second-order valence-corrected chi connectivity index (χ2v) is 7.63. The minimum atomic E-state index is -0.338. The summed E-state index contributed by atoms with van der Waals surface area (Å²) in [5.74, 6) is 1.13. The van der Waals surface area contributed by atoms with Crippen molar-refractivity contribution in [2.75, 3.05) is 7.11 Å². The van der Waals surface area contributed by atoms with E-state index in [1.54, 1.807) is 36.3 Å². The van der Waals surface area contributed by atoms with Crippen molar-refractivity contribution in [2.45, 2.75) is 17.8 Å². The van der Waals surface area contributed by atoms with Gasteiger partial charge in [-0.3, -0.25) is 9.55 Å². The van der Waals surface area contributed by atoms with Crippen LogP contribution in [-0.2, 0) is 10.5 Å². The lowest BCUT2D eigenvalue weighted by molar-refractivity contribution is 0.0600. The summed E-state index contributed by atoms with van der Waals surface area (Å²) in [6, 6.07) is 19.5. The Morgan fingerprint density at radius 3 is 2.33 bits per heavy atom. The van der Waals surface area contributed by atoms with Crippen LogP contribution >= 0.6 is 11.8 Å². The Kier molecular flexibility index (Phi) is 5.90. The van der Waals surface area contributed by atoms with Crippen molar-refractivity contribution in [3.8, 4) is 17.1 Å². The lowest BCUT2D eigenvalue weighted by Crippen LogP contribution is -2.01. The molecule has 6 nitrogen and oxygen atoms in total. The summed E-state index contributed by atoms with van der Waals surface area (Å²) < 4.78 is 6.81. The molecule has 0 atom stereocenters. The molecule has 2 heterocycles. The molecule has 2 aromatic carbocycles. The highest BCUT2D eigenvalue weighted by atomic mass is 32.2. The topological polar surface area (TPSA) is 69.9 Å². The number of ether oxygens (including phenoxy) is 1. The molecule has 4 aromatic rings. The van der Waals surface area contributed by atoms with Gasteiger partial charge in [0.15, 0.2) is 11.0 Å². The first-order valence-electron chi connectivity index (χ1n) is 9.38. The Morgan fingerprint density at radius 1 is 0.967 bits per heavy atom. The average Bonchev–Trinajstić information content (AvgIpc) is 3.22. The standard InChI is InChI=1S/C23H20N4O2S/c1-16-3-9-20(10-4-16)27-21(18-11-13-24-14-12-18)25-26-23(27)30-15-17-5-7-19(8-6-17)22(28)29-2/h3-14H,15H2,1-2H3. The molecule has 0 N–H and O–H groups in total. The lowest BCUT2D eigenvalue weighted by Gasteiger charge is -2.11. The van der Waals surface area contributed by atoms with E-state index in [1.807, 2.05) is 24.3 Å². The first-order valence-corrected chi connectivity index (χ1v) is 10.4. The van der Waals surface area contributed by atoms with Gasteiger partial charge in [-0.2, -0.15) is 0 Å². The molecular weight excluding hydrogens is 396 g/mol. The summed E-state index contributed by atoms with van der Waals surface area (Å²) >= 11 is 1.59. The zero-order valence-electron chi connectivity index (χ0n) is 16.6. The number of hydrogen-bond donors (Lipinski definition) is 0. The molecule has 0 unspecified atom stereocenters. The Morgan fingerprint density at radius 2 is 1.67 bits per heavy atom. The number of aromatic nitrogens is 4. The van der Waals surface area contributed by atoms with Crippen LogP contribution in [-0.4, -0.2) is 32.8 Å². The maximum absolute atomic E-state index is 11.6. The summed E-state index contributed by atoms with van der Waals surface area (Å²) in [5.41, 5.74) is 4.76. The number of carbonyl (C=O) groups excluding carboxylic acids is 1. The molecule has 0 aliphatic heterocycles. The number of rotatable bonds is 6. The van der Waals surface area contributed by atoms with Crippen molar-refractivity contribution in [1.29, 1.82) is 0 Å². The first-order chi connectivity index (χ1) is 14.7. The molecule has 4 rings (SSSR count). The van der Waals surface area contributed by atoms with Gasteiger partial charge in [0.1, 0.15) is 0 Å². The average molecular weight is 417 g/mol. The Balaban J connectivity index is 1.64. The smallest absolute Gasteiger partial charge is 0.337 e. The quantitative estimate of drug-likeness (QED) is 0.335. The van der Waals surface area contributed by atoms with Gasteiger partial charge in [0.2, 0.25) is 0 Å². The highest BCUT2D eigenvalue weighted by Gasteiger charge is 2.16. The number of pyridine rings is 1. The summed E-state index contributed by atoms with van der Waals surface area (Å²) in [6.07, 6.45) is 3.50. The van der Waals surface area contributed by atoms with Gasteiger partial charge < -0.3 is 4.74 Å². The summed E-state index contributed by atoms with van der Waals surface area (Å²) in [5, 5.41) is 9.69. The molecule has 0 saturated carbocycles. The van der Waals surface area contributed by atoms with E-state index in [0.717, 1.165) is 27.8 Å². The second-order valence-electron chi connectivity index (χ2n) is 6.69. The van der Waals surface area contributed by atoms with Crippen LogP contribution in [0.25, 0.3) is 17.1 Å². The number of hydrogen-bond acceptors (Lipinski definition) is 6. The van der Waals surface area contributed by atoms with Crippen LogP contribution in [0, 0.1) is 6.92 Å². The zero-order chi connectivity index (χ0) is 20.9. The third-order valence-corrected chi connectivity index (χ3v) is 5.61. The fourth-order valence-corrected chi connectivity index (χ4v) is 3.89. The zero-order valence-corrected chi connectivity index (χ0v) is 17.5. The van der Waals surface area contributed by atoms with Crippen LogP contribution in [0.1, 0.15) is 21.5 Å². The molecule has 2 aromatic heterocycles. The summed E-state index contributed by atoms with van der Waals surface area (Å²) in [6.45, 7) is 2.06. The van der Waals surface area contributed by atoms with E-state index in [0.29, 0.717) is 11.3 Å². The van der Waals surface area contributed by atoms with Gasteiger partial charge in [-0.1, -0.05) is 41.6 Å². The first kappa shape index (κ1) is 19.8. The molecule has 0 saturated heterocycles. The monoisotopic (exact) mass is 416 g/mol. The van der Waals surface area contributed by atoms with E-state index in [4.69, 9.17) is 4.74 Å². The number of nitrogens with zero attached hydrogens (tertiary/aromatic N) is 4. The van der Waals surface area contributed by atoms with Crippen molar-refractivity contribution in [2.24, 2.45) is 0 Å². The maximum atomic E-state index is 11.6. The predicted octanol–water partition coefficient (Wildman–Crippen LogP) is 4.72. The molecule has 30 heavy (non-hydrogen) atoms. The van der Waals surface area contributed by atoms with Gasteiger partial charge in [-0.25, -0.2) is 4.79 Å². The number of aryl methyl sites for hydroxylation is 1. The Labute approximate surface area is 179 Å². The number of benzene rings is 2. The van der Waals surface area contributed by atoms with E-state index in [-0.39, 0.29) is 5.97 Å². The third kappa shape index (κ3) is 4.26. The highest BCUT2D eigenvalue weighted by Crippen LogP contribution is 2.29. The van der Waals surface area contributed by atoms with Crippen LogP contribution in [0.15, 0.2) is 78.2 Å². The van der Waals surface area contributed by atoms with Crippen molar-refractivity contribution >= 4 is 17.7 Å². The molecule has 0 amide bonds.